The number of fused-ring (bicyclic) bond motifs is 2. The summed E-state index contributed by atoms with van der Waals surface area (Å²) in [6, 6.07) is 14.3. The maximum absolute atomic E-state index is 10.6. The van der Waals surface area contributed by atoms with Crippen molar-refractivity contribution in [3.05, 3.63) is 60.4 Å². The lowest BCUT2D eigenvalue weighted by atomic mass is 10.1. The van der Waals surface area contributed by atoms with Crippen LogP contribution in [0.1, 0.15) is 5.56 Å². The molecule has 7 nitrogen and oxygen atoms in total. The molecule has 0 aliphatic carbocycles. The predicted octanol–water partition coefficient (Wildman–Crippen LogP) is 3.99. The average molecular weight is 372 g/mol. The number of aromatic hydroxyl groups is 3. The minimum absolute atomic E-state index is 0.0717. The second-order valence-corrected chi connectivity index (χ2v) is 6.63. The summed E-state index contributed by atoms with van der Waals surface area (Å²) in [4.78, 5) is 11.8. The number of aromatic nitrogens is 4. The van der Waals surface area contributed by atoms with E-state index in [1.807, 2.05) is 30.3 Å². The minimum atomic E-state index is -0.273. The van der Waals surface area contributed by atoms with Gasteiger partial charge in [-0.15, -0.1) is 0 Å². The predicted molar refractivity (Wildman–Crippen MR) is 106 cm³/mol. The molecular weight excluding hydrogens is 356 g/mol. The molecule has 0 unspecified atom stereocenters. The number of benzene rings is 2. The Morgan fingerprint density at radius 3 is 2.71 bits per heavy atom. The van der Waals surface area contributed by atoms with Gasteiger partial charge in [0.25, 0.3) is 0 Å². The number of H-pyrrole nitrogens is 1. The van der Waals surface area contributed by atoms with Crippen molar-refractivity contribution in [3.63, 3.8) is 0 Å². The molecule has 0 atom stereocenters. The van der Waals surface area contributed by atoms with Gasteiger partial charge in [-0.1, -0.05) is 18.2 Å². The Morgan fingerprint density at radius 2 is 1.86 bits per heavy atom. The number of imidazole rings is 1. The van der Waals surface area contributed by atoms with Gasteiger partial charge in [0.2, 0.25) is 5.88 Å². The number of nitrogens with zero attached hydrogens (tertiary/aromatic N) is 3. The third-order valence-electron chi connectivity index (χ3n) is 4.96. The van der Waals surface area contributed by atoms with Gasteiger partial charge in [-0.05, 0) is 37.3 Å². The number of pyridine rings is 1. The van der Waals surface area contributed by atoms with Crippen molar-refractivity contribution in [2.45, 2.75) is 6.92 Å². The maximum atomic E-state index is 10.6. The van der Waals surface area contributed by atoms with E-state index < -0.39 is 0 Å². The van der Waals surface area contributed by atoms with Crippen molar-refractivity contribution >= 4 is 21.9 Å². The summed E-state index contributed by atoms with van der Waals surface area (Å²) >= 11 is 0. The van der Waals surface area contributed by atoms with Crippen LogP contribution in [0.25, 0.3) is 39.0 Å². The first-order valence-corrected chi connectivity index (χ1v) is 8.70. The van der Waals surface area contributed by atoms with Gasteiger partial charge in [-0.3, -0.25) is 4.57 Å². The number of hydrogen-bond acceptors (Lipinski definition) is 5. The lowest BCUT2D eigenvalue weighted by Crippen LogP contribution is -1.99. The van der Waals surface area contributed by atoms with Gasteiger partial charge in [0.05, 0.1) is 34.4 Å². The normalized spacial score (nSPS) is 11.5. The van der Waals surface area contributed by atoms with Gasteiger partial charge in [-0.2, -0.15) is 0 Å². The fourth-order valence-electron chi connectivity index (χ4n) is 3.54. The Hall–Kier alpha value is -4.00. The Labute approximate surface area is 159 Å². The molecule has 0 radical (unpaired) electrons. The molecule has 0 aliphatic heterocycles. The van der Waals surface area contributed by atoms with E-state index in [0.29, 0.717) is 28.2 Å². The number of rotatable bonds is 2. The van der Waals surface area contributed by atoms with Crippen LogP contribution >= 0.6 is 0 Å². The van der Waals surface area contributed by atoms with E-state index in [1.54, 1.807) is 36.0 Å². The lowest BCUT2D eigenvalue weighted by Gasteiger charge is -2.12. The summed E-state index contributed by atoms with van der Waals surface area (Å²) in [5.74, 6) is -0.410. The van der Waals surface area contributed by atoms with Crippen LogP contribution in [-0.4, -0.2) is 34.8 Å². The van der Waals surface area contributed by atoms with Crippen LogP contribution in [0.3, 0.4) is 0 Å². The molecule has 0 aliphatic rings. The number of phenols is 1. The van der Waals surface area contributed by atoms with Crippen LogP contribution in [0.15, 0.2) is 54.9 Å². The first-order chi connectivity index (χ1) is 13.5. The smallest absolute Gasteiger partial charge is 0.240 e. The van der Waals surface area contributed by atoms with E-state index in [4.69, 9.17) is 0 Å². The molecule has 0 bridgehead atoms. The lowest BCUT2D eigenvalue weighted by molar-refractivity contribution is 0.386. The molecule has 2 aromatic carbocycles. The Balaban J connectivity index is 1.80. The number of para-hydroxylation sites is 1. The average Bonchev–Trinajstić information content (AvgIpc) is 3.26. The van der Waals surface area contributed by atoms with Crippen molar-refractivity contribution in [1.82, 2.24) is 19.5 Å². The SMILES string of the molecule is Cc1c(O)c(O)n(-c2ccc3nc[nH]c3c2)c1-c1ccc2cccc(O)c2n1. The Kier molecular flexibility index (Phi) is 3.33. The number of aromatic amines is 1. The van der Waals surface area contributed by atoms with Gasteiger partial charge >= 0.3 is 0 Å². The fraction of sp³-hybridized carbons (Fsp3) is 0.0476. The van der Waals surface area contributed by atoms with Crippen LogP contribution in [0.4, 0.5) is 0 Å². The third-order valence-corrected chi connectivity index (χ3v) is 4.96. The summed E-state index contributed by atoms with van der Waals surface area (Å²) < 4.78 is 1.54. The molecule has 7 heteroatoms. The summed E-state index contributed by atoms with van der Waals surface area (Å²) in [6.07, 6.45) is 1.60. The number of phenolic OH excluding ortho intramolecular Hbond substituents is 1. The summed E-state index contributed by atoms with van der Waals surface area (Å²) in [6.45, 7) is 1.71. The topological polar surface area (TPSA) is 107 Å². The Bertz CT molecular complexity index is 1370. The van der Waals surface area contributed by atoms with Gasteiger partial charge in [0.1, 0.15) is 11.3 Å². The molecule has 0 saturated heterocycles. The van der Waals surface area contributed by atoms with E-state index in [0.717, 1.165) is 16.4 Å². The summed E-state index contributed by atoms with van der Waals surface area (Å²) in [5.41, 5.74) is 4.25. The Morgan fingerprint density at radius 1 is 1.00 bits per heavy atom. The minimum Gasteiger partial charge on any atom is -0.506 e. The summed E-state index contributed by atoms with van der Waals surface area (Å²) in [7, 11) is 0. The zero-order valence-electron chi connectivity index (χ0n) is 14.9. The van der Waals surface area contributed by atoms with Gasteiger partial charge in [0, 0.05) is 10.9 Å². The third kappa shape index (κ3) is 2.23. The van der Waals surface area contributed by atoms with Crippen molar-refractivity contribution in [3.8, 4) is 34.5 Å². The van der Waals surface area contributed by atoms with E-state index in [1.165, 1.54) is 0 Å². The van der Waals surface area contributed by atoms with E-state index in [-0.39, 0.29) is 17.4 Å². The standard InChI is InChI=1S/C21H16N4O3/c1-11-19(15-7-5-12-3-2-4-17(26)18(12)24-15)25(21(28)20(11)27)13-6-8-14-16(9-13)23-10-22-14/h2-10,26-28H,1H3,(H,22,23). The highest BCUT2D eigenvalue weighted by molar-refractivity contribution is 5.87. The van der Waals surface area contributed by atoms with Crippen LogP contribution in [0.2, 0.25) is 0 Å². The number of nitrogens with one attached hydrogen (secondary N) is 1. The molecule has 28 heavy (non-hydrogen) atoms. The van der Waals surface area contributed by atoms with Crippen LogP contribution in [0, 0.1) is 6.92 Å². The number of hydrogen-bond donors (Lipinski definition) is 4. The molecule has 5 aromatic rings. The molecule has 3 heterocycles. The second kappa shape index (κ2) is 5.75. The van der Waals surface area contributed by atoms with E-state index >= 15 is 0 Å². The van der Waals surface area contributed by atoms with Gasteiger partial charge < -0.3 is 20.3 Å². The molecule has 138 valence electrons. The maximum Gasteiger partial charge on any atom is 0.240 e. The molecule has 0 spiro atoms. The molecule has 4 N–H and O–H groups in total. The van der Waals surface area contributed by atoms with Crippen molar-refractivity contribution in [1.29, 1.82) is 0 Å². The van der Waals surface area contributed by atoms with E-state index in [9.17, 15) is 15.3 Å². The monoisotopic (exact) mass is 372 g/mol. The molecule has 0 fully saturated rings. The van der Waals surface area contributed by atoms with Crippen LogP contribution in [0.5, 0.6) is 17.4 Å². The largest absolute Gasteiger partial charge is 0.506 e. The van der Waals surface area contributed by atoms with Crippen molar-refractivity contribution in [2.24, 2.45) is 0 Å². The highest BCUT2D eigenvalue weighted by atomic mass is 16.3. The van der Waals surface area contributed by atoms with Gasteiger partial charge in [0.15, 0.2) is 5.75 Å². The molecule has 0 saturated carbocycles. The van der Waals surface area contributed by atoms with Crippen molar-refractivity contribution in [2.75, 3.05) is 0 Å². The first-order valence-electron chi connectivity index (χ1n) is 8.70. The fourth-order valence-corrected chi connectivity index (χ4v) is 3.54. The molecule has 5 rings (SSSR count). The van der Waals surface area contributed by atoms with Gasteiger partial charge in [-0.25, -0.2) is 9.97 Å². The zero-order valence-corrected chi connectivity index (χ0v) is 14.9. The second-order valence-electron chi connectivity index (χ2n) is 6.63. The zero-order chi connectivity index (χ0) is 19.4. The highest BCUT2D eigenvalue weighted by Crippen LogP contribution is 2.42. The molecular formula is C21H16N4O3. The molecule has 0 amide bonds. The van der Waals surface area contributed by atoms with Crippen LogP contribution < -0.4 is 0 Å². The quantitative estimate of drug-likeness (QED) is 0.375. The highest BCUT2D eigenvalue weighted by Gasteiger charge is 2.23. The molecule has 3 aromatic heterocycles. The van der Waals surface area contributed by atoms with Crippen molar-refractivity contribution < 1.29 is 15.3 Å². The summed E-state index contributed by atoms with van der Waals surface area (Å²) in [5, 5.41) is 32.0. The first kappa shape index (κ1) is 16.2. The van der Waals surface area contributed by atoms with E-state index in [2.05, 4.69) is 15.0 Å². The van der Waals surface area contributed by atoms with Crippen LogP contribution in [-0.2, 0) is 0 Å².